The largest absolute Gasteiger partial charge is 0.468 e. The zero-order valence-corrected chi connectivity index (χ0v) is 14.3. The molecule has 1 aromatic rings. The predicted molar refractivity (Wildman–Crippen MR) is 85.4 cm³/mol. The summed E-state index contributed by atoms with van der Waals surface area (Å²) < 4.78 is 31.8. The molecule has 0 heterocycles. The molecule has 0 aromatic heterocycles. The van der Waals surface area contributed by atoms with E-state index >= 15 is 0 Å². The number of benzene rings is 1. The monoisotopic (exact) mass is 329 g/mol. The highest BCUT2D eigenvalue weighted by molar-refractivity contribution is 7.85. The van der Waals surface area contributed by atoms with Crippen LogP contribution in [0.1, 0.15) is 24.5 Å². The zero-order chi connectivity index (χ0) is 16.8. The van der Waals surface area contributed by atoms with Crippen molar-refractivity contribution in [2.24, 2.45) is 0 Å². The van der Waals surface area contributed by atoms with Crippen molar-refractivity contribution < 1.29 is 22.1 Å². The number of methoxy groups -OCH3 is 1. The minimum Gasteiger partial charge on any atom is -0.468 e. The summed E-state index contributed by atoms with van der Waals surface area (Å²) in [4.78, 5) is 13.1. The molecule has 0 aliphatic heterocycles. The first-order chi connectivity index (χ1) is 10.2. The van der Waals surface area contributed by atoms with Crippen LogP contribution in [0.2, 0.25) is 0 Å². The molecule has 1 rings (SSSR count). The van der Waals surface area contributed by atoms with Gasteiger partial charge in [0.1, 0.15) is 6.54 Å². The van der Waals surface area contributed by atoms with Crippen LogP contribution >= 0.6 is 0 Å². The lowest BCUT2D eigenvalue weighted by Crippen LogP contribution is -2.26. The van der Waals surface area contributed by atoms with Gasteiger partial charge in [0.05, 0.1) is 20.0 Å². The molecule has 0 aliphatic carbocycles. The zero-order valence-electron chi connectivity index (χ0n) is 13.5. The van der Waals surface area contributed by atoms with Gasteiger partial charge in [0, 0.05) is 12.7 Å². The van der Waals surface area contributed by atoms with E-state index in [9.17, 15) is 13.2 Å². The first-order valence-electron chi connectivity index (χ1n) is 7.00. The summed E-state index contributed by atoms with van der Waals surface area (Å²) in [6, 6.07) is 5.72. The van der Waals surface area contributed by atoms with Gasteiger partial charge in [0.15, 0.2) is 0 Å². The molecular weight excluding hydrogens is 306 g/mol. The standard InChI is InChI=1S/C15H23NO5S/c1-5-6-12-7-13(11-21-22(4,18)19)9-14(8-12)16(2)10-15(17)20-3/h7-9H,5-6,10-11H2,1-4H3. The minimum atomic E-state index is -3.49. The summed E-state index contributed by atoms with van der Waals surface area (Å²) >= 11 is 0. The Hall–Kier alpha value is -1.60. The number of aryl methyl sites for hydroxylation is 1. The van der Waals surface area contributed by atoms with Gasteiger partial charge in [-0.25, -0.2) is 0 Å². The number of hydrogen-bond donors (Lipinski definition) is 0. The number of rotatable bonds is 8. The Labute approximate surface area is 132 Å². The van der Waals surface area contributed by atoms with Crippen molar-refractivity contribution in [1.82, 2.24) is 0 Å². The van der Waals surface area contributed by atoms with E-state index < -0.39 is 10.1 Å². The van der Waals surface area contributed by atoms with Crippen LogP contribution in [-0.4, -0.2) is 41.3 Å². The molecule has 22 heavy (non-hydrogen) atoms. The van der Waals surface area contributed by atoms with E-state index in [1.54, 1.807) is 11.9 Å². The molecule has 0 N–H and O–H groups in total. The Kier molecular flexibility index (Phi) is 6.83. The highest BCUT2D eigenvalue weighted by Crippen LogP contribution is 2.20. The van der Waals surface area contributed by atoms with Gasteiger partial charge < -0.3 is 9.64 Å². The van der Waals surface area contributed by atoms with E-state index in [2.05, 4.69) is 11.7 Å². The summed E-state index contributed by atoms with van der Waals surface area (Å²) in [5, 5.41) is 0. The third-order valence-corrected chi connectivity index (χ3v) is 3.60. The molecule has 0 fully saturated rings. The van der Waals surface area contributed by atoms with E-state index in [1.165, 1.54) is 7.11 Å². The van der Waals surface area contributed by atoms with Crippen LogP contribution in [0.15, 0.2) is 18.2 Å². The van der Waals surface area contributed by atoms with Crippen molar-refractivity contribution in [3.8, 4) is 0 Å². The molecule has 0 aliphatic rings. The number of carbonyl (C=O) groups excluding carboxylic acids is 1. The Morgan fingerprint density at radius 2 is 1.86 bits per heavy atom. The molecule has 1 aromatic carbocycles. The fourth-order valence-electron chi connectivity index (χ4n) is 2.00. The molecule has 0 spiro atoms. The predicted octanol–water partition coefficient (Wildman–Crippen LogP) is 1.72. The second kappa shape index (κ2) is 8.14. The van der Waals surface area contributed by atoms with Crippen LogP contribution in [0.25, 0.3) is 0 Å². The van der Waals surface area contributed by atoms with Gasteiger partial charge in [-0.2, -0.15) is 8.42 Å². The van der Waals surface area contributed by atoms with E-state index in [1.807, 2.05) is 18.2 Å². The number of ether oxygens (including phenoxy) is 1. The lowest BCUT2D eigenvalue weighted by Gasteiger charge is -2.20. The summed E-state index contributed by atoms with van der Waals surface area (Å²) in [6.45, 7) is 2.17. The molecular formula is C15H23NO5S. The summed E-state index contributed by atoms with van der Waals surface area (Å²) in [5.74, 6) is -0.336. The fourth-order valence-corrected chi connectivity index (χ4v) is 2.35. The van der Waals surface area contributed by atoms with Gasteiger partial charge in [0.2, 0.25) is 0 Å². The second-order valence-corrected chi connectivity index (χ2v) is 6.80. The second-order valence-electron chi connectivity index (χ2n) is 5.16. The smallest absolute Gasteiger partial charge is 0.325 e. The summed E-state index contributed by atoms with van der Waals surface area (Å²) in [6.07, 6.45) is 2.86. The van der Waals surface area contributed by atoms with E-state index in [-0.39, 0.29) is 19.1 Å². The number of nitrogens with zero attached hydrogens (tertiary/aromatic N) is 1. The third kappa shape index (κ3) is 6.44. The van der Waals surface area contributed by atoms with Crippen LogP contribution in [0.5, 0.6) is 0 Å². The van der Waals surface area contributed by atoms with Crippen LogP contribution in [0, 0.1) is 0 Å². The van der Waals surface area contributed by atoms with Crippen molar-refractivity contribution in [1.29, 1.82) is 0 Å². The van der Waals surface area contributed by atoms with E-state index in [0.29, 0.717) is 0 Å². The average molecular weight is 329 g/mol. The SMILES string of the molecule is CCCc1cc(COS(C)(=O)=O)cc(N(C)CC(=O)OC)c1. The van der Waals surface area contributed by atoms with Gasteiger partial charge in [0.25, 0.3) is 10.1 Å². The van der Waals surface area contributed by atoms with Crippen LogP contribution < -0.4 is 4.90 Å². The maximum absolute atomic E-state index is 11.4. The van der Waals surface area contributed by atoms with E-state index in [0.717, 1.165) is 35.9 Å². The number of hydrogen-bond acceptors (Lipinski definition) is 6. The summed E-state index contributed by atoms with van der Waals surface area (Å²) in [5.41, 5.74) is 2.65. The van der Waals surface area contributed by atoms with Crippen molar-refractivity contribution in [3.05, 3.63) is 29.3 Å². The molecule has 7 heteroatoms. The normalized spacial score (nSPS) is 11.3. The molecule has 0 saturated carbocycles. The fraction of sp³-hybridized carbons (Fsp3) is 0.533. The Bertz CT molecular complexity index is 612. The number of likely N-dealkylation sites (N-methyl/N-ethyl adjacent to an activating group) is 1. The Balaban J connectivity index is 3.00. The first-order valence-corrected chi connectivity index (χ1v) is 8.82. The quantitative estimate of drug-likeness (QED) is 0.534. The van der Waals surface area contributed by atoms with Gasteiger partial charge in [-0.3, -0.25) is 8.98 Å². The molecule has 0 radical (unpaired) electrons. The van der Waals surface area contributed by atoms with Gasteiger partial charge in [-0.15, -0.1) is 0 Å². The highest BCUT2D eigenvalue weighted by atomic mass is 32.2. The first kappa shape index (κ1) is 18.4. The van der Waals surface area contributed by atoms with Crippen molar-refractivity contribution >= 4 is 21.8 Å². The molecule has 6 nitrogen and oxygen atoms in total. The van der Waals surface area contributed by atoms with Gasteiger partial charge >= 0.3 is 5.97 Å². The minimum absolute atomic E-state index is 0.0184. The van der Waals surface area contributed by atoms with Crippen molar-refractivity contribution in [2.45, 2.75) is 26.4 Å². The summed E-state index contributed by atoms with van der Waals surface area (Å²) in [7, 11) is -0.368. The molecule has 124 valence electrons. The van der Waals surface area contributed by atoms with Gasteiger partial charge in [-0.05, 0) is 29.7 Å². The third-order valence-electron chi connectivity index (χ3n) is 3.05. The molecule has 0 saturated heterocycles. The number of anilines is 1. The molecule has 0 bridgehead atoms. The maximum atomic E-state index is 11.4. The number of esters is 1. The van der Waals surface area contributed by atoms with Gasteiger partial charge in [-0.1, -0.05) is 19.4 Å². The Morgan fingerprint density at radius 3 is 2.41 bits per heavy atom. The molecule has 0 atom stereocenters. The van der Waals surface area contributed by atoms with Crippen LogP contribution in [0.4, 0.5) is 5.69 Å². The lowest BCUT2D eigenvalue weighted by molar-refractivity contribution is -0.138. The topological polar surface area (TPSA) is 72.9 Å². The lowest BCUT2D eigenvalue weighted by atomic mass is 10.1. The van der Waals surface area contributed by atoms with Crippen LogP contribution in [0.3, 0.4) is 0 Å². The molecule has 0 amide bonds. The van der Waals surface area contributed by atoms with Crippen LogP contribution in [-0.2, 0) is 36.9 Å². The average Bonchev–Trinajstić information content (AvgIpc) is 2.44. The number of carbonyl (C=O) groups is 1. The van der Waals surface area contributed by atoms with Crippen molar-refractivity contribution in [2.75, 3.05) is 31.9 Å². The van der Waals surface area contributed by atoms with E-state index in [4.69, 9.17) is 4.18 Å². The molecule has 0 unspecified atom stereocenters. The van der Waals surface area contributed by atoms with Crippen molar-refractivity contribution in [3.63, 3.8) is 0 Å². The maximum Gasteiger partial charge on any atom is 0.325 e. The Morgan fingerprint density at radius 1 is 1.23 bits per heavy atom. The highest BCUT2D eigenvalue weighted by Gasteiger charge is 2.11.